The number of carbonyl (C=O) groups is 1. The molecule has 4 heteroatoms. The van der Waals surface area contributed by atoms with Crippen LogP contribution in [-0.2, 0) is 14.3 Å². The maximum atomic E-state index is 12.1. The Balaban J connectivity index is 3.42. The molecule has 0 saturated heterocycles. The normalized spacial score (nSPS) is 12.4. The van der Waals surface area contributed by atoms with Gasteiger partial charge in [-0.2, -0.15) is 0 Å². The summed E-state index contributed by atoms with van der Waals surface area (Å²) in [5, 5.41) is 9.52. The van der Waals surface area contributed by atoms with Gasteiger partial charge in [-0.15, -0.1) is 0 Å². The standard InChI is InChI=1S/C35H68O4/c1-3-5-7-9-11-13-15-17-18-20-22-24-26-28-30-35(37)39-34(32-36)33-38-31-29-27-25-23-21-19-16-14-12-10-8-6-4-2/h12,14,34,36H,3-11,13,15-33H2,1-2H3/b14-12-. The first-order chi connectivity index (χ1) is 19.2. The summed E-state index contributed by atoms with van der Waals surface area (Å²) >= 11 is 0. The van der Waals surface area contributed by atoms with Crippen LogP contribution in [0.4, 0.5) is 0 Å². The highest BCUT2D eigenvalue weighted by Crippen LogP contribution is 2.14. The predicted octanol–water partition coefficient (Wildman–Crippen LogP) is 10.6. The molecule has 0 heterocycles. The van der Waals surface area contributed by atoms with Gasteiger partial charge in [0.2, 0.25) is 0 Å². The van der Waals surface area contributed by atoms with Gasteiger partial charge in [0.1, 0.15) is 6.10 Å². The molecule has 0 aromatic heterocycles. The van der Waals surface area contributed by atoms with Crippen LogP contribution in [0.5, 0.6) is 0 Å². The average Bonchev–Trinajstić information content (AvgIpc) is 2.94. The zero-order valence-electron chi connectivity index (χ0n) is 26.4. The summed E-state index contributed by atoms with van der Waals surface area (Å²) in [4.78, 5) is 12.1. The molecule has 0 rings (SSSR count). The summed E-state index contributed by atoms with van der Waals surface area (Å²) in [5.74, 6) is -0.201. The SMILES string of the molecule is CCCCC/C=C\CCCCCCCCOCC(CO)OC(=O)CCCCCCCCCCCCCCCC. The number of allylic oxidation sites excluding steroid dienone is 2. The number of aliphatic hydroxyl groups is 1. The topological polar surface area (TPSA) is 55.8 Å². The largest absolute Gasteiger partial charge is 0.457 e. The van der Waals surface area contributed by atoms with Gasteiger partial charge >= 0.3 is 5.97 Å². The number of esters is 1. The Bertz CT molecular complexity index is 505. The van der Waals surface area contributed by atoms with Crippen molar-refractivity contribution in [1.29, 1.82) is 0 Å². The molecule has 0 aliphatic rings. The minimum Gasteiger partial charge on any atom is -0.457 e. The third-order valence-electron chi connectivity index (χ3n) is 7.59. The van der Waals surface area contributed by atoms with E-state index < -0.39 is 6.10 Å². The van der Waals surface area contributed by atoms with Crippen molar-refractivity contribution in [3.63, 3.8) is 0 Å². The Kier molecular flexibility index (Phi) is 32.6. The fourth-order valence-electron chi connectivity index (χ4n) is 4.97. The molecule has 0 saturated carbocycles. The Labute approximate surface area is 244 Å². The smallest absolute Gasteiger partial charge is 0.306 e. The molecular formula is C35H68O4. The molecule has 4 nitrogen and oxygen atoms in total. The van der Waals surface area contributed by atoms with E-state index in [0.29, 0.717) is 19.6 Å². The van der Waals surface area contributed by atoms with Crippen molar-refractivity contribution < 1.29 is 19.4 Å². The van der Waals surface area contributed by atoms with E-state index in [1.165, 1.54) is 141 Å². The fourth-order valence-corrected chi connectivity index (χ4v) is 4.97. The Morgan fingerprint density at radius 1 is 0.590 bits per heavy atom. The minimum atomic E-state index is -0.529. The minimum absolute atomic E-state index is 0.169. The van der Waals surface area contributed by atoms with Crippen molar-refractivity contribution in [3.05, 3.63) is 12.2 Å². The molecule has 1 N–H and O–H groups in total. The third-order valence-corrected chi connectivity index (χ3v) is 7.59. The van der Waals surface area contributed by atoms with Gasteiger partial charge in [-0.05, 0) is 38.5 Å². The summed E-state index contributed by atoms with van der Waals surface area (Å²) in [6.07, 6.45) is 36.7. The zero-order valence-corrected chi connectivity index (χ0v) is 26.4. The molecule has 0 radical (unpaired) electrons. The Hall–Kier alpha value is -0.870. The van der Waals surface area contributed by atoms with E-state index in [1.807, 2.05) is 0 Å². The predicted molar refractivity (Wildman–Crippen MR) is 168 cm³/mol. The van der Waals surface area contributed by atoms with Crippen LogP contribution in [0.1, 0.15) is 181 Å². The number of aliphatic hydroxyl groups excluding tert-OH is 1. The molecular weight excluding hydrogens is 484 g/mol. The third kappa shape index (κ3) is 31.5. The Morgan fingerprint density at radius 3 is 1.51 bits per heavy atom. The highest BCUT2D eigenvalue weighted by Gasteiger charge is 2.13. The van der Waals surface area contributed by atoms with Gasteiger partial charge in [0.05, 0.1) is 13.2 Å². The first-order valence-electron chi connectivity index (χ1n) is 17.3. The van der Waals surface area contributed by atoms with Crippen LogP contribution < -0.4 is 0 Å². The molecule has 0 aromatic rings. The molecule has 0 aliphatic heterocycles. The van der Waals surface area contributed by atoms with E-state index in [-0.39, 0.29) is 12.6 Å². The number of ether oxygens (including phenoxy) is 2. The van der Waals surface area contributed by atoms with Crippen LogP contribution in [0, 0.1) is 0 Å². The van der Waals surface area contributed by atoms with Crippen molar-refractivity contribution in [2.24, 2.45) is 0 Å². The van der Waals surface area contributed by atoms with Gasteiger partial charge in [-0.25, -0.2) is 0 Å². The lowest BCUT2D eigenvalue weighted by atomic mass is 10.0. The summed E-state index contributed by atoms with van der Waals surface area (Å²) < 4.78 is 11.1. The second kappa shape index (κ2) is 33.3. The van der Waals surface area contributed by atoms with Gasteiger partial charge in [0.15, 0.2) is 0 Å². The van der Waals surface area contributed by atoms with Crippen LogP contribution in [0.15, 0.2) is 12.2 Å². The van der Waals surface area contributed by atoms with Crippen LogP contribution >= 0.6 is 0 Å². The van der Waals surface area contributed by atoms with Gasteiger partial charge in [-0.1, -0.05) is 148 Å². The number of unbranched alkanes of at least 4 members (excludes halogenated alkanes) is 22. The van der Waals surface area contributed by atoms with Gasteiger partial charge < -0.3 is 14.6 Å². The molecule has 0 aromatic carbocycles. The molecule has 0 fully saturated rings. The molecule has 39 heavy (non-hydrogen) atoms. The average molecular weight is 553 g/mol. The zero-order chi connectivity index (χ0) is 28.5. The van der Waals surface area contributed by atoms with E-state index in [0.717, 1.165) is 19.3 Å². The van der Waals surface area contributed by atoms with Crippen LogP contribution in [-0.4, -0.2) is 37.0 Å². The van der Waals surface area contributed by atoms with E-state index in [4.69, 9.17) is 9.47 Å². The molecule has 1 unspecified atom stereocenters. The molecule has 0 spiro atoms. The van der Waals surface area contributed by atoms with Crippen molar-refractivity contribution in [1.82, 2.24) is 0 Å². The lowest BCUT2D eigenvalue weighted by Gasteiger charge is -2.15. The van der Waals surface area contributed by atoms with E-state index in [2.05, 4.69) is 26.0 Å². The van der Waals surface area contributed by atoms with E-state index in [1.54, 1.807) is 0 Å². The highest BCUT2D eigenvalue weighted by molar-refractivity contribution is 5.69. The second-order valence-corrected chi connectivity index (χ2v) is 11.6. The molecule has 1 atom stereocenters. The number of carbonyl (C=O) groups excluding carboxylic acids is 1. The first kappa shape index (κ1) is 38.1. The van der Waals surface area contributed by atoms with Gasteiger partial charge in [0.25, 0.3) is 0 Å². The summed E-state index contributed by atoms with van der Waals surface area (Å²) in [6, 6.07) is 0. The molecule has 0 amide bonds. The maximum Gasteiger partial charge on any atom is 0.306 e. The monoisotopic (exact) mass is 553 g/mol. The van der Waals surface area contributed by atoms with Crippen LogP contribution in [0.2, 0.25) is 0 Å². The van der Waals surface area contributed by atoms with Crippen LogP contribution in [0.3, 0.4) is 0 Å². The van der Waals surface area contributed by atoms with Crippen molar-refractivity contribution >= 4 is 5.97 Å². The molecule has 0 aliphatic carbocycles. The summed E-state index contributed by atoms with van der Waals surface area (Å²) in [7, 11) is 0. The van der Waals surface area contributed by atoms with Gasteiger partial charge in [-0.3, -0.25) is 4.79 Å². The number of hydrogen-bond acceptors (Lipinski definition) is 4. The lowest BCUT2D eigenvalue weighted by Crippen LogP contribution is -2.27. The first-order valence-corrected chi connectivity index (χ1v) is 17.3. The number of hydrogen-bond donors (Lipinski definition) is 1. The quantitative estimate of drug-likeness (QED) is 0.0512. The van der Waals surface area contributed by atoms with Crippen molar-refractivity contribution in [3.8, 4) is 0 Å². The summed E-state index contributed by atoms with van der Waals surface area (Å²) in [6.45, 7) is 5.33. The van der Waals surface area contributed by atoms with Gasteiger partial charge in [0, 0.05) is 13.0 Å². The molecule has 232 valence electrons. The molecule has 0 bridgehead atoms. The maximum absolute atomic E-state index is 12.1. The Morgan fingerprint density at radius 2 is 1.00 bits per heavy atom. The van der Waals surface area contributed by atoms with Crippen LogP contribution in [0.25, 0.3) is 0 Å². The fraction of sp³-hybridized carbons (Fsp3) is 0.914. The second-order valence-electron chi connectivity index (χ2n) is 11.6. The highest BCUT2D eigenvalue weighted by atomic mass is 16.6. The number of rotatable bonds is 32. The van der Waals surface area contributed by atoms with Crippen molar-refractivity contribution in [2.45, 2.75) is 187 Å². The lowest BCUT2D eigenvalue weighted by molar-refractivity contribution is -0.154. The van der Waals surface area contributed by atoms with Crippen molar-refractivity contribution in [2.75, 3.05) is 19.8 Å². The van der Waals surface area contributed by atoms with E-state index >= 15 is 0 Å². The summed E-state index contributed by atoms with van der Waals surface area (Å²) in [5.41, 5.74) is 0. The van der Waals surface area contributed by atoms with E-state index in [9.17, 15) is 9.90 Å².